The van der Waals surface area contributed by atoms with E-state index in [1.54, 1.807) is 0 Å². The van der Waals surface area contributed by atoms with Crippen LogP contribution in [0.15, 0.2) is 30.3 Å². The highest BCUT2D eigenvalue weighted by atomic mass is 16.6. The van der Waals surface area contributed by atoms with E-state index in [4.69, 9.17) is 10.5 Å². The predicted octanol–water partition coefficient (Wildman–Crippen LogP) is 2.55. The number of benzene rings is 1. The first-order valence-electron chi connectivity index (χ1n) is 12.1. The fourth-order valence-corrected chi connectivity index (χ4v) is 5.28. The smallest absolute Gasteiger partial charge is 0.405 e. The lowest BCUT2D eigenvalue weighted by Crippen LogP contribution is -2.47. The maximum Gasteiger partial charge on any atom is 0.405 e. The van der Waals surface area contributed by atoms with Crippen molar-refractivity contribution in [3.8, 4) is 0 Å². The highest BCUT2D eigenvalue weighted by molar-refractivity contribution is 5.83. The first-order chi connectivity index (χ1) is 16.0. The number of aliphatic hydroxyl groups is 1. The maximum atomic E-state index is 12.9. The van der Waals surface area contributed by atoms with Gasteiger partial charge in [-0.25, -0.2) is 4.79 Å². The van der Waals surface area contributed by atoms with Gasteiger partial charge in [-0.3, -0.25) is 9.69 Å². The first-order valence-corrected chi connectivity index (χ1v) is 12.1. The van der Waals surface area contributed by atoms with Crippen LogP contribution in [0.5, 0.6) is 0 Å². The third-order valence-corrected chi connectivity index (χ3v) is 6.99. The monoisotopic (exact) mass is 459 g/mol. The zero-order valence-corrected chi connectivity index (χ0v) is 19.2. The number of ether oxygens (including phenoxy) is 1. The van der Waals surface area contributed by atoms with Crippen molar-refractivity contribution in [3.05, 3.63) is 35.9 Å². The molecule has 2 amide bonds. The molecule has 33 heavy (non-hydrogen) atoms. The molecule has 2 fully saturated rings. The summed E-state index contributed by atoms with van der Waals surface area (Å²) < 4.78 is 5.14. The minimum Gasteiger partial charge on any atom is -0.436 e. The summed E-state index contributed by atoms with van der Waals surface area (Å²) >= 11 is 0. The second-order valence-electron chi connectivity index (χ2n) is 9.43. The molecule has 3 unspecified atom stereocenters. The maximum absolute atomic E-state index is 12.9. The van der Waals surface area contributed by atoms with E-state index in [0.717, 1.165) is 50.5 Å². The lowest BCUT2D eigenvalue weighted by molar-refractivity contribution is -0.131. The lowest BCUT2D eigenvalue weighted by atomic mass is 9.85. The van der Waals surface area contributed by atoms with Crippen LogP contribution in [0.4, 0.5) is 4.79 Å². The molecule has 4 N–H and O–H groups in total. The molecule has 3 rings (SSSR count). The Balaban J connectivity index is 1.54. The Kier molecular flexibility index (Phi) is 9.69. The zero-order chi connectivity index (χ0) is 23.6. The molecule has 0 spiro atoms. The number of primary amides is 1. The summed E-state index contributed by atoms with van der Waals surface area (Å²) in [4.78, 5) is 38.2. The normalized spacial score (nSPS) is 22.3. The van der Waals surface area contributed by atoms with E-state index >= 15 is 0 Å². The average Bonchev–Trinajstić information content (AvgIpc) is 3.27. The Morgan fingerprint density at radius 1 is 1.12 bits per heavy atom. The summed E-state index contributed by atoms with van der Waals surface area (Å²) in [5.74, 6) is 0.175. The minimum absolute atomic E-state index is 0.204. The van der Waals surface area contributed by atoms with Crippen LogP contribution in [0.25, 0.3) is 0 Å². The number of aldehydes is 1. The van der Waals surface area contributed by atoms with Crippen molar-refractivity contribution in [2.24, 2.45) is 17.6 Å². The van der Waals surface area contributed by atoms with Crippen molar-refractivity contribution in [2.75, 3.05) is 19.7 Å². The number of carbonyl (C=O) groups is 3. The summed E-state index contributed by atoms with van der Waals surface area (Å²) in [6, 6.07) is 8.95. The van der Waals surface area contributed by atoms with Crippen molar-refractivity contribution in [1.29, 1.82) is 0 Å². The fraction of sp³-hybridized carbons (Fsp3) is 0.640. The molecule has 1 aromatic carbocycles. The van der Waals surface area contributed by atoms with E-state index in [9.17, 15) is 19.5 Å². The zero-order valence-electron chi connectivity index (χ0n) is 19.2. The summed E-state index contributed by atoms with van der Waals surface area (Å²) in [5, 5.41) is 12.8. The van der Waals surface area contributed by atoms with Gasteiger partial charge in [0, 0.05) is 6.54 Å². The van der Waals surface area contributed by atoms with E-state index in [0.29, 0.717) is 25.3 Å². The van der Waals surface area contributed by atoms with E-state index in [-0.39, 0.29) is 18.6 Å². The molecule has 1 saturated heterocycles. The topological polar surface area (TPSA) is 122 Å². The summed E-state index contributed by atoms with van der Waals surface area (Å²) in [6.45, 7) is 1.29. The number of likely N-dealkylation sites (tertiary alicyclic amines) is 1. The molecule has 0 aromatic heterocycles. The molecule has 8 heteroatoms. The molecule has 1 aliphatic carbocycles. The molecular formula is C25H37N3O5. The largest absolute Gasteiger partial charge is 0.436 e. The van der Waals surface area contributed by atoms with Crippen molar-refractivity contribution in [2.45, 2.75) is 69.6 Å². The van der Waals surface area contributed by atoms with Gasteiger partial charge in [0.05, 0.1) is 18.7 Å². The SMILES string of the molecule is NC(=O)O[C@@H](CC1CCCCC1)C(=O)NC(CO)CC1CCN(C(C=O)c2ccccc2)C1. The average molecular weight is 460 g/mol. The van der Waals surface area contributed by atoms with Gasteiger partial charge in [-0.2, -0.15) is 0 Å². The van der Waals surface area contributed by atoms with Crippen molar-refractivity contribution in [3.63, 3.8) is 0 Å². The van der Waals surface area contributed by atoms with Gasteiger partial charge in [-0.05, 0) is 43.2 Å². The Morgan fingerprint density at radius 2 is 1.85 bits per heavy atom. The second kappa shape index (κ2) is 12.7. The number of carbonyl (C=O) groups excluding carboxylic acids is 3. The molecule has 1 aliphatic heterocycles. The van der Waals surface area contributed by atoms with Gasteiger partial charge in [0.25, 0.3) is 5.91 Å². The number of amides is 2. The van der Waals surface area contributed by atoms with Gasteiger partial charge in [-0.15, -0.1) is 0 Å². The molecule has 182 valence electrons. The van der Waals surface area contributed by atoms with Crippen LogP contribution in [0.3, 0.4) is 0 Å². The highest BCUT2D eigenvalue weighted by Gasteiger charge is 2.32. The Hall–Kier alpha value is -2.45. The molecule has 0 radical (unpaired) electrons. The van der Waals surface area contributed by atoms with Crippen LogP contribution < -0.4 is 11.1 Å². The predicted molar refractivity (Wildman–Crippen MR) is 124 cm³/mol. The van der Waals surface area contributed by atoms with E-state index < -0.39 is 24.1 Å². The number of rotatable bonds is 11. The molecular weight excluding hydrogens is 422 g/mol. The number of nitrogens with two attached hydrogens (primary N) is 1. The van der Waals surface area contributed by atoms with Crippen LogP contribution in [0, 0.1) is 11.8 Å². The molecule has 1 heterocycles. The molecule has 0 bridgehead atoms. The van der Waals surface area contributed by atoms with Crippen molar-refractivity contribution in [1.82, 2.24) is 10.2 Å². The number of hydrogen-bond acceptors (Lipinski definition) is 6. The van der Waals surface area contributed by atoms with Crippen LogP contribution in [-0.2, 0) is 14.3 Å². The van der Waals surface area contributed by atoms with E-state index in [1.165, 1.54) is 6.42 Å². The van der Waals surface area contributed by atoms with Crippen LogP contribution >= 0.6 is 0 Å². The number of nitrogens with one attached hydrogen (secondary N) is 1. The minimum atomic E-state index is -0.959. The van der Waals surface area contributed by atoms with Gasteiger partial charge >= 0.3 is 6.09 Å². The summed E-state index contributed by atoms with van der Waals surface area (Å²) in [5.41, 5.74) is 6.18. The lowest BCUT2D eigenvalue weighted by Gasteiger charge is -2.27. The van der Waals surface area contributed by atoms with Crippen LogP contribution in [0.1, 0.15) is 63.0 Å². The molecule has 1 saturated carbocycles. The second-order valence-corrected chi connectivity index (χ2v) is 9.43. The van der Waals surface area contributed by atoms with Crippen molar-refractivity contribution >= 4 is 18.3 Å². The molecule has 2 aliphatic rings. The van der Waals surface area contributed by atoms with Crippen molar-refractivity contribution < 1.29 is 24.2 Å². The first kappa shape index (κ1) is 25.2. The van der Waals surface area contributed by atoms with E-state index in [1.807, 2.05) is 30.3 Å². The summed E-state index contributed by atoms with van der Waals surface area (Å²) in [7, 11) is 0. The van der Waals surface area contributed by atoms with E-state index in [2.05, 4.69) is 10.2 Å². The third-order valence-electron chi connectivity index (χ3n) is 6.99. The van der Waals surface area contributed by atoms with Gasteiger partial charge in [0.15, 0.2) is 6.10 Å². The quantitative estimate of drug-likeness (QED) is 0.437. The van der Waals surface area contributed by atoms with Gasteiger partial charge < -0.3 is 25.7 Å². The Labute approximate surface area is 195 Å². The Bertz CT molecular complexity index is 769. The molecule has 4 atom stereocenters. The van der Waals surface area contributed by atoms with Gasteiger partial charge in [0.1, 0.15) is 6.29 Å². The van der Waals surface area contributed by atoms with Crippen LogP contribution in [0.2, 0.25) is 0 Å². The third kappa shape index (κ3) is 7.54. The molecule has 8 nitrogen and oxygen atoms in total. The Morgan fingerprint density at radius 3 is 2.48 bits per heavy atom. The van der Waals surface area contributed by atoms with Crippen LogP contribution in [-0.4, -0.2) is 60.1 Å². The summed E-state index contributed by atoms with van der Waals surface area (Å²) in [6.07, 6.45) is 6.50. The number of hydrogen-bond donors (Lipinski definition) is 3. The highest BCUT2D eigenvalue weighted by Crippen LogP contribution is 2.30. The standard InChI is InChI=1S/C25H37N3O5/c26-25(32)33-23(14-18-7-3-1-4-8-18)24(31)27-21(16-29)13-19-11-12-28(15-19)22(17-30)20-9-5-2-6-10-20/h2,5-6,9-10,17-19,21-23,29H,1,3-4,7-8,11-16H2,(H2,26,32)(H,27,31)/t19?,21?,22?,23-/m0/s1. The molecule has 1 aromatic rings. The number of nitrogens with zero attached hydrogens (tertiary/aromatic N) is 1. The fourth-order valence-electron chi connectivity index (χ4n) is 5.28. The van der Waals surface area contributed by atoms with Gasteiger partial charge in [-0.1, -0.05) is 62.4 Å². The van der Waals surface area contributed by atoms with Gasteiger partial charge in [0.2, 0.25) is 0 Å². The number of aliphatic hydroxyl groups excluding tert-OH is 1.